The fraction of sp³-hybridized carbons (Fsp3) is 0.222. The highest BCUT2D eigenvalue weighted by Gasteiger charge is 2.07. The first-order chi connectivity index (χ1) is 11.4. The van der Waals surface area contributed by atoms with Crippen molar-refractivity contribution < 1.29 is 9.59 Å². The first-order valence-corrected chi connectivity index (χ1v) is 9.24. The van der Waals surface area contributed by atoms with Crippen LogP contribution in [0.2, 0.25) is 0 Å². The molecule has 0 spiro atoms. The second kappa shape index (κ2) is 8.89. The Hall–Kier alpha value is -1.79. The van der Waals surface area contributed by atoms with Gasteiger partial charge in [0, 0.05) is 15.1 Å². The molecule has 126 valence electrons. The molecule has 0 saturated heterocycles. The van der Waals surface area contributed by atoms with E-state index < -0.39 is 0 Å². The van der Waals surface area contributed by atoms with E-state index in [1.165, 1.54) is 17.3 Å². The van der Waals surface area contributed by atoms with Crippen molar-refractivity contribution in [2.75, 3.05) is 17.6 Å². The van der Waals surface area contributed by atoms with E-state index in [1.807, 2.05) is 56.3 Å². The van der Waals surface area contributed by atoms with Crippen molar-refractivity contribution in [3.63, 3.8) is 0 Å². The van der Waals surface area contributed by atoms with E-state index in [-0.39, 0.29) is 24.1 Å². The third kappa shape index (κ3) is 6.02. The van der Waals surface area contributed by atoms with Crippen molar-refractivity contribution in [3.05, 3.63) is 58.1 Å². The standard InChI is InChI=1S/C18H19BrN2O2S/c1-12-3-6-15(7-4-12)24-11-18(23)20-10-17(22)21-14-5-8-16(19)13(2)9-14/h3-9H,10-11H2,1-2H3,(H,20,23)(H,21,22). The molecule has 0 bridgehead atoms. The Kier molecular flexibility index (Phi) is 6.87. The minimum atomic E-state index is -0.245. The molecule has 4 nitrogen and oxygen atoms in total. The summed E-state index contributed by atoms with van der Waals surface area (Å²) in [5.41, 5.74) is 2.93. The number of nitrogens with one attached hydrogen (secondary N) is 2. The van der Waals surface area contributed by atoms with Crippen molar-refractivity contribution in [1.29, 1.82) is 0 Å². The molecule has 24 heavy (non-hydrogen) atoms. The molecule has 2 N–H and O–H groups in total. The van der Waals surface area contributed by atoms with Crippen molar-refractivity contribution in [3.8, 4) is 0 Å². The Morgan fingerprint density at radius 3 is 2.42 bits per heavy atom. The molecular weight excluding hydrogens is 388 g/mol. The van der Waals surface area contributed by atoms with Gasteiger partial charge in [0.25, 0.3) is 0 Å². The molecule has 0 aliphatic heterocycles. The van der Waals surface area contributed by atoms with Crippen molar-refractivity contribution >= 4 is 45.2 Å². The molecule has 0 radical (unpaired) electrons. The molecule has 2 aromatic rings. The van der Waals surface area contributed by atoms with Gasteiger partial charge in [-0.05, 0) is 49.7 Å². The highest BCUT2D eigenvalue weighted by Crippen LogP contribution is 2.20. The SMILES string of the molecule is Cc1ccc(SCC(=O)NCC(=O)Nc2ccc(Br)c(C)c2)cc1. The number of halogens is 1. The van der Waals surface area contributed by atoms with E-state index in [0.717, 1.165) is 14.9 Å². The van der Waals surface area contributed by atoms with E-state index in [9.17, 15) is 9.59 Å². The molecule has 0 saturated carbocycles. The quantitative estimate of drug-likeness (QED) is 0.714. The minimum Gasteiger partial charge on any atom is -0.346 e. The Morgan fingerprint density at radius 1 is 1.04 bits per heavy atom. The van der Waals surface area contributed by atoms with E-state index in [0.29, 0.717) is 5.69 Å². The van der Waals surface area contributed by atoms with Crippen LogP contribution in [0, 0.1) is 13.8 Å². The van der Waals surface area contributed by atoms with Crippen LogP contribution >= 0.6 is 27.7 Å². The topological polar surface area (TPSA) is 58.2 Å². The fourth-order valence-corrected chi connectivity index (χ4v) is 2.92. The summed E-state index contributed by atoms with van der Waals surface area (Å²) >= 11 is 4.86. The van der Waals surface area contributed by atoms with Crippen LogP contribution in [0.4, 0.5) is 5.69 Å². The van der Waals surface area contributed by atoms with Gasteiger partial charge in [-0.25, -0.2) is 0 Å². The maximum absolute atomic E-state index is 11.9. The molecule has 0 aliphatic rings. The van der Waals surface area contributed by atoms with Crippen LogP contribution in [-0.2, 0) is 9.59 Å². The highest BCUT2D eigenvalue weighted by atomic mass is 79.9. The van der Waals surface area contributed by atoms with Gasteiger partial charge >= 0.3 is 0 Å². The zero-order valence-corrected chi connectivity index (χ0v) is 16.0. The van der Waals surface area contributed by atoms with Gasteiger partial charge in [-0.1, -0.05) is 33.6 Å². The number of hydrogen-bond acceptors (Lipinski definition) is 3. The van der Waals surface area contributed by atoms with Gasteiger partial charge in [0.15, 0.2) is 0 Å². The zero-order valence-electron chi connectivity index (χ0n) is 13.6. The van der Waals surface area contributed by atoms with Gasteiger partial charge in [-0.3, -0.25) is 9.59 Å². The average molecular weight is 407 g/mol. The molecule has 2 aromatic carbocycles. The smallest absolute Gasteiger partial charge is 0.243 e. The number of hydrogen-bond donors (Lipinski definition) is 2. The van der Waals surface area contributed by atoms with E-state index in [4.69, 9.17) is 0 Å². The van der Waals surface area contributed by atoms with Crippen LogP contribution < -0.4 is 10.6 Å². The van der Waals surface area contributed by atoms with Crippen LogP contribution in [0.3, 0.4) is 0 Å². The predicted octanol–water partition coefficient (Wildman–Crippen LogP) is 3.91. The van der Waals surface area contributed by atoms with Gasteiger partial charge in [-0.2, -0.15) is 0 Å². The van der Waals surface area contributed by atoms with Crippen molar-refractivity contribution in [2.45, 2.75) is 18.7 Å². The second-order valence-electron chi connectivity index (χ2n) is 5.39. The summed E-state index contributed by atoms with van der Waals surface area (Å²) < 4.78 is 0.988. The summed E-state index contributed by atoms with van der Waals surface area (Å²) in [5, 5.41) is 5.39. The maximum atomic E-state index is 11.9. The largest absolute Gasteiger partial charge is 0.346 e. The first kappa shape index (κ1) is 18.5. The van der Waals surface area contributed by atoms with Crippen LogP contribution in [0.15, 0.2) is 51.8 Å². The molecule has 0 unspecified atom stereocenters. The van der Waals surface area contributed by atoms with Gasteiger partial charge in [0.05, 0.1) is 12.3 Å². The van der Waals surface area contributed by atoms with Crippen molar-refractivity contribution in [1.82, 2.24) is 5.32 Å². The number of carbonyl (C=O) groups is 2. The lowest BCUT2D eigenvalue weighted by molar-refractivity contribution is -0.122. The van der Waals surface area contributed by atoms with E-state index in [1.54, 1.807) is 0 Å². The van der Waals surface area contributed by atoms with E-state index >= 15 is 0 Å². The molecule has 6 heteroatoms. The number of anilines is 1. The van der Waals surface area contributed by atoms with Crippen LogP contribution in [0.5, 0.6) is 0 Å². The van der Waals surface area contributed by atoms with Gasteiger partial charge in [-0.15, -0.1) is 11.8 Å². The lowest BCUT2D eigenvalue weighted by Gasteiger charge is -2.08. The molecule has 0 aliphatic carbocycles. The summed E-state index contributed by atoms with van der Waals surface area (Å²) in [6.45, 7) is 3.93. The Morgan fingerprint density at radius 2 is 1.75 bits per heavy atom. The maximum Gasteiger partial charge on any atom is 0.243 e. The van der Waals surface area contributed by atoms with Crippen LogP contribution in [0.25, 0.3) is 0 Å². The molecule has 0 heterocycles. The number of thioether (sulfide) groups is 1. The number of aryl methyl sites for hydroxylation is 2. The summed E-state index contributed by atoms with van der Waals surface area (Å²) in [4.78, 5) is 24.7. The summed E-state index contributed by atoms with van der Waals surface area (Å²) in [5.74, 6) is -0.124. The zero-order chi connectivity index (χ0) is 17.5. The molecular formula is C18H19BrN2O2S. The number of amides is 2. The molecule has 0 fully saturated rings. The van der Waals surface area contributed by atoms with Gasteiger partial charge in [0.1, 0.15) is 0 Å². The number of rotatable bonds is 6. The Bertz CT molecular complexity index is 732. The third-order valence-electron chi connectivity index (χ3n) is 3.28. The summed E-state index contributed by atoms with van der Waals surface area (Å²) in [6, 6.07) is 13.5. The second-order valence-corrected chi connectivity index (χ2v) is 7.29. The molecule has 2 rings (SSSR count). The van der Waals surface area contributed by atoms with E-state index in [2.05, 4.69) is 26.6 Å². The van der Waals surface area contributed by atoms with Gasteiger partial charge in [0.2, 0.25) is 11.8 Å². The minimum absolute atomic E-state index is 0.0393. The van der Waals surface area contributed by atoms with Crippen molar-refractivity contribution in [2.24, 2.45) is 0 Å². The molecule has 2 amide bonds. The molecule has 0 aromatic heterocycles. The fourth-order valence-electron chi connectivity index (χ4n) is 1.94. The monoisotopic (exact) mass is 406 g/mol. The summed E-state index contributed by atoms with van der Waals surface area (Å²) in [7, 11) is 0. The number of carbonyl (C=O) groups excluding carboxylic acids is 2. The third-order valence-corrected chi connectivity index (χ3v) is 5.18. The lowest BCUT2D eigenvalue weighted by atomic mass is 10.2. The first-order valence-electron chi connectivity index (χ1n) is 7.46. The predicted molar refractivity (Wildman–Crippen MR) is 102 cm³/mol. The van der Waals surface area contributed by atoms with Crippen LogP contribution in [0.1, 0.15) is 11.1 Å². The molecule has 0 atom stereocenters. The average Bonchev–Trinajstić information content (AvgIpc) is 2.56. The normalized spacial score (nSPS) is 10.3. The number of benzene rings is 2. The highest BCUT2D eigenvalue weighted by molar-refractivity contribution is 9.10. The lowest BCUT2D eigenvalue weighted by Crippen LogP contribution is -2.33. The Balaban J connectivity index is 1.73. The summed E-state index contributed by atoms with van der Waals surface area (Å²) in [6.07, 6.45) is 0. The van der Waals surface area contributed by atoms with Gasteiger partial charge < -0.3 is 10.6 Å². The Labute approximate surface area is 154 Å². The van der Waals surface area contributed by atoms with Crippen LogP contribution in [-0.4, -0.2) is 24.1 Å².